The van der Waals surface area contributed by atoms with Crippen molar-refractivity contribution >= 4 is 51.7 Å². The van der Waals surface area contributed by atoms with Gasteiger partial charge in [-0.25, -0.2) is 0 Å². The summed E-state index contributed by atoms with van der Waals surface area (Å²) in [6.07, 6.45) is 4.91. The van der Waals surface area contributed by atoms with E-state index in [-0.39, 0.29) is 5.78 Å². The minimum absolute atomic E-state index is 0.0448. The maximum absolute atomic E-state index is 14.4. The van der Waals surface area contributed by atoms with Crippen LogP contribution >= 0.6 is 45.9 Å². The Hall–Kier alpha value is -1.99. The summed E-state index contributed by atoms with van der Waals surface area (Å²) in [4.78, 5) is 19.2. The second-order valence-electron chi connectivity index (χ2n) is 10.2. The second-order valence-corrected chi connectivity index (χ2v) is 12.6. The van der Waals surface area contributed by atoms with E-state index in [2.05, 4.69) is 20.6 Å². The van der Waals surface area contributed by atoms with E-state index < -0.39 is 0 Å². The molecule has 2 aliphatic heterocycles. The SMILES string of the molecule is O=C(c1ccc(CN2CCCC2)c(Cl)c1-c1ccsc1)c1ccc(CN2CCCC2)c(Cl)c1-c1ccsc1. The highest BCUT2D eigenvalue weighted by Gasteiger charge is 2.26. The van der Waals surface area contributed by atoms with E-state index in [4.69, 9.17) is 23.2 Å². The summed E-state index contributed by atoms with van der Waals surface area (Å²) in [5.74, 6) is -0.0448. The molecule has 2 saturated heterocycles. The fourth-order valence-electron chi connectivity index (χ4n) is 5.75. The van der Waals surface area contributed by atoms with Gasteiger partial charge in [0.2, 0.25) is 0 Å². The van der Waals surface area contributed by atoms with Gasteiger partial charge < -0.3 is 0 Å². The van der Waals surface area contributed by atoms with Gasteiger partial charge in [0.25, 0.3) is 0 Å². The zero-order chi connectivity index (χ0) is 26.1. The largest absolute Gasteiger partial charge is 0.299 e. The minimum atomic E-state index is -0.0448. The number of benzene rings is 2. The summed E-state index contributed by atoms with van der Waals surface area (Å²) < 4.78 is 0. The molecule has 2 aliphatic rings. The molecule has 0 N–H and O–H groups in total. The van der Waals surface area contributed by atoms with Crippen LogP contribution in [-0.4, -0.2) is 41.8 Å². The van der Waals surface area contributed by atoms with Gasteiger partial charge in [-0.15, -0.1) is 0 Å². The second kappa shape index (κ2) is 11.6. The smallest absolute Gasteiger partial charge is 0.194 e. The molecular formula is C31H30Cl2N2OS2. The van der Waals surface area contributed by atoms with Gasteiger partial charge in [0.1, 0.15) is 0 Å². The van der Waals surface area contributed by atoms with Crippen LogP contribution in [0.4, 0.5) is 0 Å². The van der Waals surface area contributed by atoms with Gasteiger partial charge in [-0.05, 0) is 120 Å². The van der Waals surface area contributed by atoms with Crippen LogP contribution < -0.4 is 0 Å². The quantitative estimate of drug-likeness (QED) is 0.194. The van der Waals surface area contributed by atoms with Crippen molar-refractivity contribution in [2.24, 2.45) is 0 Å². The lowest BCUT2D eigenvalue weighted by molar-refractivity contribution is 0.104. The Balaban J connectivity index is 1.44. The van der Waals surface area contributed by atoms with E-state index in [0.29, 0.717) is 21.2 Å². The van der Waals surface area contributed by atoms with E-state index in [1.54, 1.807) is 22.7 Å². The number of thiophene rings is 2. The fraction of sp³-hybridized carbons (Fsp3) is 0.323. The van der Waals surface area contributed by atoms with Gasteiger partial charge >= 0.3 is 0 Å². The molecule has 7 heteroatoms. The van der Waals surface area contributed by atoms with Gasteiger partial charge in [0.05, 0.1) is 10.0 Å². The number of rotatable bonds is 8. The van der Waals surface area contributed by atoms with E-state index in [0.717, 1.165) is 72.6 Å². The highest BCUT2D eigenvalue weighted by molar-refractivity contribution is 7.08. The van der Waals surface area contributed by atoms with Crippen molar-refractivity contribution in [2.75, 3.05) is 26.2 Å². The van der Waals surface area contributed by atoms with E-state index >= 15 is 0 Å². The predicted octanol–water partition coefficient (Wildman–Crippen LogP) is 8.87. The number of hydrogen-bond acceptors (Lipinski definition) is 5. The van der Waals surface area contributed by atoms with Crippen molar-refractivity contribution in [3.63, 3.8) is 0 Å². The number of halogens is 2. The molecule has 0 amide bonds. The Bertz CT molecular complexity index is 1310. The highest BCUT2D eigenvalue weighted by Crippen LogP contribution is 2.41. The highest BCUT2D eigenvalue weighted by atomic mass is 35.5. The monoisotopic (exact) mass is 580 g/mol. The van der Waals surface area contributed by atoms with Crippen molar-refractivity contribution in [3.05, 3.63) is 90.2 Å². The Morgan fingerprint density at radius 1 is 0.658 bits per heavy atom. The molecular weight excluding hydrogens is 551 g/mol. The maximum Gasteiger partial charge on any atom is 0.194 e. The van der Waals surface area contributed by atoms with Gasteiger partial charge in [-0.2, -0.15) is 22.7 Å². The number of ketones is 1. The first-order valence-corrected chi connectivity index (χ1v) is 15.9. The number of nitrogens with zero attached hydrogens (tertiary/aromatic N) is 2. The molecule has 38 heavy (non-hydrogen) atoms. The molecule has 0 spiro atoms. The van der Waals surface area contributed by atoms with Gasteiger partial charge in [-0.1, -0.05) is 35.3 Å². The van der Waals surface area contributed by atoms with Gasteiger partial charge in [0.15, 0.2) is 5.78 Å². The molecule has 2 fully saturated rings. The molecule has 3 nitrogen and oxygen atoms in total. The third-order valence-electron chi connectivity index (χ3n) is 7.74. The van der Waals surface area contributed by atoms with Crippen LogP contribution in [0.25, 0.3) is 22.3 Å². The molecule has 0 radical (unpaired) electrons. The first-order valence-electron chi connectivity index (χ1n) is 13.3. The first kappa shape index (κ1) is 26.2. The fourth-order valence-corrected chi connectivity index (χ4v) is 7.71. The third-order valence-corrected chi connectivity index (χ3v) is 9.97. The lowest BCUT2D eigenvalue weighted by Gasteiger charge is -2.21. The Morgan fingerprint density at radius 2 is 1.08 bits per heavy atom. The summed E-state index contributed by atoms with van der Waals surface area (Å²) in [5, 5.41) is 9.57. The van der Waals surface area contributed by atoms with Crippen LogP contribution in [0.1, 0.15) is 52.7 Å². The number of carbonyl (C=O) groups excluding carboxylic acids is 1. The molecule has 0 unspecified atom stereocenters. The van der Waals surface area contributed by atoms with Crippen LogP contribution in [0.15, 0.2) is 57.9 Å². The summed E-state index contributed by atoms with van der Waals surface area (Å²) in [6, 6.07) is 12.1. The summed E-state index contributed by atoms with van der Waals surface area (Å²) >= 11 is 17.4. The van der Waals surface area contributed by atoms with Crippen molar-refractivity contribution in [1.29, 1.82) is 0 Å². The lowest BCUT2D eigenvalue weighted by atomic mass is 9.89. The Labute approximate surface area is 242 Å². The maximum atomic E-state index is 14.4. The number of hydrogen-bond donors (Lipinski definition) is 0. The predicted molar refractivity (Wildman–Crippen MR) is 162 cm³/mol. The molecule has 4 aromatic rings. The molecule has 6 rings (SSSR count). The first-order chi connectivity index (χ1) is 18.6. The minimum Gasteiger partial charge on any atom is -0.299 e. The van der Waals surface area contributed by atoms with Crippen LogP contribution in [0, 0.1) is 0 Å². The molecule has 4 heterocycles. The standard InChI is InChI=1S/C31H30Cl2N2OS2/c32-29-21(17-34-11-1-2-12-34)5-7-25(27(29)23-9-15-37-19-23)31(36)26-8-6-22(18-35-13-3-4-14-35)30(33)28(26)24-10-16-38-20-24/h5-10,15-16,19-20H,1-4,11-14,17-18H2. The van der Waals surface area contributed by atoms with E-state index in [1.807, 2.05) is 47.2 Å². The number of carbonyl (C=O) groups is 1. The normalized spacial score (nSPS) is 16.5. The average molecular weight is 582 g/mol. The van der Waals surface area contributed by atoms with Crippen molar-refractivity contribution in [1.82, 2.24) is 9.80 Å². The van der Waals surface area contributed by atoms with Crippen molar-refractivity contribution in [3.8, 4) is 22.3 Å². The van der Waals surface area contributed by atoms with Crippen molar-refractivity contribution in [2.45, 2.75) is 38.8 Å². The molecule has 196 valence electrons. The van der Waals surface area contributed by atoms with Crippen LogP contribution in [0.5, 0.6) is 0 Å². The summed E-state index contributed by atoms with van der Waals surface area (Å²) in [7, 11) is 0. The van der Waals surface area contributed by atoms with E-state index in [1.165, 1.54) is 25.7 Å². The third kappa shape index (κ3) is 5.25. The molecule has 0 saturated carbocycles. The zero-order valence-corrected chi connectivity index (χ0v) is 24.4. The Morgan fingerprint density at radius 3 is 1.45 bits per heavy atom. The van der Waals surface area contributed by atoms with Crippen LogP contribution in [-0.2, 0) is 13.1 Å². The molecule has 0 bridgehead atoms. The van der Waals surface area contributed by atoms with Gasteiger partial charge in [0, 0.05) is 35.3 Å². The van der Waals surface area contributed by atoms with Gasteiger partial charge in [-0.3, -0.25) is 14.6 Å². The number of likely N-dealkylation sites (tertiary alicyclic amines) is 2. The summed E-state index contributed by atoms with van der Waals surface area (Å²) in [6.45, 7) is 5.99. The topological polar surface area (TPSA) is 23.6 Å². The van der Waals surface area contributed by atoms with E-state index in [9.17, 15) is 4.79 Å². The molecule has 2 aromatic carbocycles. The van der Waals surface area contributed by atoms with Crippen LogP contribution in [0.2, 0.25) is 10.0 Å². The summed E-state index contributed by atoms with van der Waals surface area (Å²) in [5.41, 5.74) is 7.01. The average Bonchev–Trinajstić information content (AvgIpc) is 3.75. The molecule has 2 aromatic heterocycles. The lowest BCUT2D eigenvalue weighted by Crippen LogP contribution is -2.19. The molecule has 0 aliphatic carbocycles. The molecule has 0 atom stereocenters. The Kier molecular flexibility index (Phi) is 8.03. The van der Waals surface area contributed by atoms with Crippen LogP contribution in [0.3, 0.4) is 0 Å². The zero-order valence-electron chi connectivity index (χ0n) is 21.2. The van der Waals surface area contributed by atoms with Crippen molar-refractivity contribution < 1.29 is 4.79 Å².